The van der Waals surface area contributed by atoms with E-state index in [1.807, 2.05) is 12.1 Å². The molecule has 2 aliphatic heterocycles. The first-order valence-electron chi connectivity index (χ1n) is 10.1. The van der Waals surface area contributed by atoms with Gasteiger partial charge in [-0.15, -0.1) is 0 Å². The molecule has 1 aromatic rings. The number of methoxy groups -OCH3 is 1. The first kappa shape index (κ1) is 19.0. The Morgan fingerprint density at radius 3 is 2.62 bits per heavy atom. The molecule has 26 heavy (non-hydrogen) atoms. The van der Waals surface area contributed by atoms with Crippen molar-refractivity contribution in [3.05, 3.63) is 24.3 Å². The summed E-state index contributed by atoms with van der Waals surface area (Å²) in [5, 5.41) is 0. The summed E-state index contributed by atoms with van der Waals surface area (Å²) in [5.41, 5.74) is 1.17. The predicted molar refractivity (Wildman–Crippen MR) is 106 cm³/mol. The van der Waals surface area contributed by atoms with Crippen molar-refractivity contribution in [2.75, 3.05) is 51.3 Å². The van der Waals surface area contributed by atoms with Crippen LogP contribution in [0.2, 0.25) is 0 Å². The van der Waals surface area contributed by atoms with E-state index < -0.39 is 0 Å². The van der Waals surface area contributed by atoms with E-state index in [0.29, 0.717) is 18.4 Å². The topological polar surface area (TPSA) is 36.0 Å². The SMILES string of the molecule is CCC1CCCCN1C(=O)CCN1CCN(c2ccccc2OC)CC1. The van der Waals surface area contributed by atoms with Gasteiger partial charge in [0.25, 0.3) is 0 Å². The van der Waals surface area contributed by atoms with Crippen LogP contribution < -0.4 is 9.64 Å². The maximum absolute atomic E-state index is 12.7. The number of likely N-dealkylation sites (tertiary alicyclic amines) is 1. The van der Waals surface area contributed by atoms with Gasteiger partial charge in [-0.05, 0) is 37.8 Å². The van der Waals surface area contributed by atoms with Gasteiger partial charge in [0.15, 0.2) is 0 Å². The van der Waals surface area contributed by atoms with Gasteiger partial charge in [-0.2, -0.15) is 0 Å². The second kappa shape index (κ2) is 9.26. The Labute approximate surface area is 157 Å². The Morgan fingerprint density at radius 2 is 1.88 bits per heavy atom. The molecule has 5 heteroatoms. The van der Waals surface area contributed by atoms with Gasteiger partial charge in [-0.25, -0.2) is 0 Å². The highest BCUT2D eigenvalue weighted by Crippen LogP contribution is 2.28. The minimum absolute atomic E-state index is 0.351. The van der Waals surface area contributed by atoms with Crippen LogP contribution in [0.4, 0.5) is 5.69 Å². The lowest BCUT2D eigenvalue weighted by Gasteiger charge is -2.38. The second-order valence-corrected chi connectivity index (χ2v) is 7.40. The van der Waals surface area contributed by atoms with Gasteiger partial charge in [0.2, 0.25) is 5.91 Å². The summed E-state index contributed by atoms with van der Waals surface area (Å²) in [4.78, 5) is 19.6. The largest absolute Gasteiger partial charge is 0.495 e. The Balaban J connectivity index is 1.46. The van der Waals surface area contributed by atoms with Crippen molar-refractivity contribution in [1.82, 2.24) is 9.80 Å². The second-order valence-electron chi connectivity index (χ2n) is 7.40. The van der Waals surface area contributed by atoms with E-state index in [0.717, 1.165) is 51.4 Å². The van der Waals surface area contributed by atoms with E-state index in [9.17, 15) is 4.79 Å². The van der Waals surface area contributed by atoms with Crippen molar-refractivity contribution in [2.24, 2.45) is 0 Å². The number of amides is 1. The Bertz CT molecular complexity index is 584. The van der Waals surface area contributed by atoms with Crippen LogP contribution >= 0.6 is 0 Å². The van der Waals surface area contributed by atoms with Gasteiger partial charge in [0.1, 0.15) is 5.75 Å². The standard InChI is InChI=1S/C21H33N3O2/c1-3-18-8-6-7-12-24(18)21(25)11-13-22-14-16-23(17-15-22)19-9-4-5-10-20(19)26-2/h4-5,9-10,18H,3,6-8,11-17H2,1-2H3. The molecule has 1 aromatic carbocycles. The van der Waals surface area contributed by atoms with Gasteiger partial charge in [0, 0.05) is 51.7 Å². The zero-order valence-corrected chi connectivity index (χ0v) is 16.3. The first-order chi connectivity index (χ1) is 12.7. The molecule has 2 heterocycles. The molecule has 0 saturated carbocycles. The smallest absolute Gasteiger partial charge is 0.224 e. The van der Waals surface area contributed by atoms with Crippen LogP contribution in [-0.4, -0.2) is 68.1 Å². The van der Waals surface area contributed by atoms with Crippen LogP contribution in [0.25, 0.3) is 0 Å². The summed E-state index contributed by atoms with van der Waals surface area (Å²) in [6.07, 6.45) is 5.36. The summed E-state index contributed by atoms with van der Waals surface area (Å²) in [6, 6.07) is 8.68. The van der Waals surface area contributed by atoms with Crippen LogP contribution in [-0.2, 0) is 4.79 Å². The monoisotopic (exact) mass is 359 g/mol. The number of para-hydroxylation sites is 2. The minimum Gasteiger partial charge on any atom is -0.495 e. The normalized spacial score (nSPS) is 21.7. The predicted octanol–water partition coefficient (Wildman–Crippen LogP) is 3.00. The number of piperazine rings is 1. The fourth-order valence-corrected chi connectivity index (χ4v) is 4.25. The summed E-state index contributed by atoms with van der Waals surface area (Å²) >= 11 is 0. The third-order valence-electron chi connectivity index (χ3n) is 5.86. The minimum atomic E-state index is 0.351. The molecule has 1 unspecified atom stereocenters. The van der Waals surface area contributed by atoms with E-state index in [1.165, 1.54) is 24.9 Å². The molecule has 5 nitrogen and oxygen atoms in total. The molecule has 0 spiro atoms. The molecule has 0 aromatic heterocycles. The Hall–Kier alpha value is -1.75. The van der Waals surface area contributed by atoms with Crippen molar-refractivity contribution in [2.45, 2.75) is 45.1 Å². The number of nitrogens with zero attached hydrogens (tertiary/aromatic N) is 3. The van der Waals surface area contributed by atoms with E-state index >= 15 is 0 Å². The number of hydrogen-bond acceptors (Lipinski definition) is 4. The van der Waals surface area contributed by atoms with E-state index in [-0.39, 0.29) is 0 Å². The summed E-state index contributed by atoms with van der Waals surface area (Å²) in [6.45, 7) is 8.01. The van der Waals surface area contributed by atoms with Crippen LogP contribution in [0.3, 0.4) is 0 Å². The lowest BCUT2D eigenvalue weighted by molar-refractivity contribution is -0.135. The molecular formula is C21H33N3O2. The number of ether oxygens (including phenoxy) is 1. The van der Waals surface area contributed by atoms with E-state index in [4.69, 9.17) is 4.74 Å². The van der Waals surface area contributed by atoms with Crippen LogP contribution in [0.1, 0.15) is 39.0 Å². The highest BCUT2D eigenvalue weighted by atomic mass is 16.5. The molecule has 0 aliphatic carbocycles. The highest BCUT2D eigenvalue weighted by molar-refractivity contribution is 5.76. The maximum Gasteiger partial charge on any atom is 0.224 e. The highest BCUT2D eigenvalue weighted by Gasteiger charge is 2.26. The molecule has 2 aliphatic rings. The molecule has 3 rings (SSSR count). The van der Waals surface area contributed by atoms with E-state index in [1.54, 1.807) is 7.11 Å². The van der Waals surface area contributed by atoms with Crippen molar-refractivity contribution < 1.29 is 9.53 Å². The Morgan fingerprint density at radius 1 is 1.12 bits per heavy atom. The first-order valence-corrected chi connectivity index (χ1v) is 10.1. The lowest BCUT2D eigenvalue weighted by Crippen LogP contribution is -2.48. The van der Waals surface area contributed by atoms with Crippen molar-refractivity contribution in [3.8, 4) is 5.75 Å². The van der Waals surface area contributed by atoms with Crippen LogP contribution in [0.5, 0.6) is 5.75 Å². The Kier molecular flexibility index (Phi) is 6.78. The van der Waals surface area contributed by atoms with Gasteiger partial charge in [-0.3, -0.25) is 9.69 Å². The maximum atomic E-state index is 12.7. The van der Waals surface area contributed by atoms with Crippen LogP contribution in [0.15, 0.2) is 24.3 Å². The number of anilines is 1. The zero-order chi connectivity index (χ0) is 18.4. The third kappa shape index (κ3) is 4.50. The van der Waals surface area contributed by atoms with Gasteiger partial charge in [-0.1, -0.05) is 19.1 Å². The third-order valence-corrected chi connectivity index (χ3v) is 5.86. The molecular weight excluding hydrogens is 326 g/mol. The molecule has 1 amide bonds. The van der Waals surface area contributed by atoms with Gasteiger partial charge in [0.05, 0.1) is 12.8 Å². The number of hydrogen-bond donors (Lipinski definition) is 0. The molecule has 144 valence electrons. The number of rotatable bonds is 6. The quantitative estimate of drug-likeness (QED) is 0.782. The van der Waals surface area contributed by atoms with E-state index in [2.05, 4.69) is 33.8 Å². The average molecular weight is 360 g/mol. The van der Waals surface area contributed by atoms with Crippen molar-refractivity contribution >= 4 is 11.6 Å². The average Bonchev–Trinajstić information content (AvgIpc) is 2.72. The molecule has 1 atom stereocenters. The number of carbonyl (C=O) groups is 1. The molecule has 2 fully saturated rings. The molecule has 0 radical (unpaired) electrons. The molecule has 0 bridgehead atoms. The van der Waals surface area contributed by atoms with Crippen molar-refractivity contribution in [1.29, 1.82) is 0 Å². The van der Waals surface area contributed by atoms with Crippen molar-refractivity contribution in [3.63, 3.8) is 0 Å². The number of piperidine rings is 1. The summed E-state index contributed by atoms with van der Waals surface area (Å²) in [7, 11) is 1.73. The summed E-state index contributed by atoms with van der Waals surface area (Å²) < 4.78 is 5.49. The van der Waals surface area contributed by atoms with Crippen LogP contribution in [0, 0.1) is 0 Å². The molecule has 0 N–H and O–H groups in total. The molecule has 2 saturated heterocycles. The number of benzene rings is 1. The van der Waals surface area contributed by atoms with Gasteiger partial charge >= 0.3 is 0 Å². The lowest BCUT2D eigenvalue weighted by atomic mass is 9.99. The zero-order valence-electron chi connectivity index (χ0n) is 16.3. The fraction of sp³-hybridized carbons (Fsp3) is 0.667. The summed E-state index contributed by atoms with van der Waals surface area (Å²) in [5.74, 6) is 1.29. The fourth-order valence-electron chi connectivity index (χ4n) is 4.25. The van der Waals surface area contributed by atoms with Gasteiger partial charge < -0.3 is 14.5 Å². The number of carbonyl (C=O) groups excluding carboxylic acids is 1.